The zero-order valence-corrected chi connectivity index (χ0v) is 12.5. The summed E-state index contributed by atoms with van der Waals surface area (Å²) in [5.41, 5.74) is 3.08. The molecule has 0 saturated carbocycles. The minimum atomic E-state index is -0.290. The summed E-state index contributed by atoms with van der Waals surface area (Å²) in [5, 5.41) is 0. The van der Waals surface area contributed by atoms with E-state index in [9.17, 15) is 4.79 Å². The lowest BCUT2D eigenvalue weighted by atomic mass is 9.88. The fraction of sp³-hybridized carbons (Fsp3) is 0.438. The number of alkyl halides is 1. The normalized spacial score (nSPS) is 16.8. The van der Waals surface area contributed by atoms with Gasteiger partial charge in [0.1, 0.15) is 0 Å². The van der Waals surface area contributed by atoms with Crippen LogP contribution in [0.25, 0.3) is 5.57 Å². The second kappa shape index (κ2) is 5.38. The molecule has 1 aliphatic rings. The minimum absolute atomic E-state index is 0.141. The lowest BCUT2D eigenvalue weighted by molar-refractivity contribution is -0.119. The fourth-order valence-corrected chi connectivity index (χ4v) is 2.90. The maximum absolute atomic E-state index is 12.5. The number of benzene rings is 1. The summed E-state index contributed by atoms with van der Waals surface area (Å²) in [4.78, 5) is 14.4. The Bertz CT molecular complexity index is 519. The van der Waals surface area contributed by atoms with Crippen LogP contribution >= 0.6 is 11.6 Å². The van der Waals surface area contributed by atoms with E-state index in [1.165, 1.54) is 5.57 Å². The highest BCUT2D eigenvalue weighted by Crippen LogP contribution is 2.39. The predicted molar refractivity (Wildman–Crippen MR) is 81.6 cm³/mol. The van der Waals surface area contributed by atoms with Gasteiger partial charge in [-0.1, -0.05) is 24.3 Å². The van der Waals surface area contributed by atoms with Gasteiger partial charge in [0.2, 0.25) is 5.91 Å². The first-order valence-corrected chi connectivity index (χ1v) is 7.18. The molecule has 3 heteroatoms. The van der Waals surface area contributed by atoms with Crippen LogP contribution in [0.5, 0.6) is 0 Å². The van der Waals surface area contributed by atoms with E-state index in [0.29, 0.717) is 12.3 Å². The number of hydrogen-bond acceptors (Lipinski definition) is 1. The van der Waals surface area contributed by atoms with E-state index in [1.54, 1.807) is 0 Å². The molecule has 0 spiro atoms. The predicted octanol–water partition coefficient (Wildman–Crippen LogP) is 4.23. The van der Waals surface area contributed by atoms with Gasteiger partial charge in [0.15, 0.2) is 0 Å². The Kier molecular flexibility index (Phi) is 4.00. The van der Waals surface area contributed by atoms with Crippen LogP contribution in [0, 0.1) is 0 Å². The van der Waals surface area contributed by atoms with Crippen molar-refractivity contribution in [2.24, 2.45) is 0 Å². The molecule has 0 aliphatic carbocycles. The molecular weight excluding hydrogens is 258 g/mol. The van der Waals surface area contributed by atoms with E-state index in [0.717, 1.165) is 17.7 Å². The van der Waals surface area contributed by atoms with Crippen molar-refractivity contribution in [3.05, 3.63) is 35.9 Å². The molecular formula is C16H20ClNO. The number of fused-ring (bicyclic) bond motifs is 1. The van der Waals surface area contributed by atoms with E-state index < -0.39 is 0 Å². The number of para-hydroxylation sites is 1. The largest absolute Gasteiger partial charge is 0.303 e. The van der Waals surface area contributed by atoms with Gasteiger partial charge in [0.05, 0.1) is 11.2 Å². The summed E-state index contributed by atoms with van der Waals surface area (Å²) in [6, 6.07) is 8.08. The summed E-state index contributed by atoms with van der Waals surface area (Å²) in [5.74, 6) is 0.665. The molecule has 1 amide bonds. The van der Waals surface area contributed by atoms with E-state index >= 15 is 0 Å². The molecule has 1 heterocycles. The highest BCUT2D eigenvalue weighted by Gasteiger charge is 2.34. The second-order valence-corrected chi connectivity index (χ2v) is 5.90. The Labute approximate surface area is 120 Å². The summed E-state index contributed by atoms with van der Waals surface area (Å²) >= 11 is 5.70. The first kappa shape index (κ1) is 14.1. The first-order chi connectivity index (χ1) is 8.97. The molecule has 1 aliphatic heterocycles. The van der Waals surface area contributed by atoms with Crippen LogP contribution < -0.4 is 4.90 Å². The van der Waals surface area contributed by atoms with E-state index in [1.807, 2.05) is 23.1 Å². The van der Waals surface area contributed by atoms with Crippen LogP contribution in [-0.2, 0) is 4.79 Å². The SMILES string of the molecule is CC1=CC(C)(C)N(C(=O)CCCCl)c2ccccc21. The van der Waals surface area contributed by atoms with E-state index in [2.05, 4.69) is 32.9 Å². The average molecular weight is 278 g/mol. The molecule has 0 atom stereocenters. The molecule has 1 aromatic carbocycles. The number of anilines is 1. The third kappa shape index (κ3) is 2.69. The molecule has 2 nitrogen and oxygen atoms in total. The van der Waals surface area contributed by atoms with Crippen molar-refractivity contribution in [3.63, 3.8) is 0 Å². The van der Waals surface area contributed by atoms with Crippen LogP contribution in [0.2, 0.25) is 0 Å². The average Bonchev–Trinajstić information content (AvgIpc) is 2.35. The summed E-state index contributed by atoms with van der Waals surface area (Å²) in [7, 11) is 0. The molecule has 0 N–H and O–H groups in total. The highest BCUT2D eigenvalue weighted by atomic mass is 35.5. The van der Waals surface area contributed by atoms with Crippen molar-refractivity contribution in [3.8, 4) is 0 Å². The highest BCUT2D eigenvalue weighted by molar-refractivity contribution is 6.18. The third-order valence-corrected chi connectivity index (χ3v) is 3.76. The van der Waals surface area contributed by atoms with E-state index in [-0.39, 0.29) is 11.4 Å². The molecule has 0 saturated heterocycles. The molecule has 0 radical (unpaired) electrons. The number of carbonyl (C=O) groups excluding carboxylic acids is 1. The summed E-state index contributed by atoms with van der Waals surface area (Å²) in [6.45, 7) is 6.25. The van der Waals surface area contributed by atoms with Gasteiger partial charge < -0.3 is 4.90 Å². The number of halogens is 1. The van der Waals surface area contributed by atoms with Gasteiger partial charge in [-0.15, -0.1) is 11.6 Å². The Balaban J connectivity index is 2.44. The number of carbonyl (C=O) groups is 1. The quantitative estimate of drug-likeness (QED) is 0.757. The molecule has 0 unspecified atom stereocenters. The van der Waals surface area contributed by atoms with Crippen LogP contribution in [0.1, 0.15) is 39.2 Å². The van der Waals surface area contributed by atoms with Gasteiger partial charge >= 0.3 is 0 Å². The number of allylic oxidation sites excluding steroid dienone is 1. The second-order valence-electron chi connectivity index (χ2n) is 5.52. The molecule has 19 heavy (non-hydrogen) atoms. The Hall–Kier alpha value is -1.28. The molecule has 2 rings (SSSR count). The van der Waals surface area contributed by atoms with Crippen LogP contribution in [0.3, 0.4) is 0 Å². The maximum atomic E-state index is 12.5. The monoisotopic (exact) mass is 277 g/mol. The topological polar surface area (TPSA) is 20.3 Å². The van der Waals surface area contributed by atoms with Crippen molar-refractivity contribution >= 4 is 28.8 Å². The minimum Gasteiger partial charge on any atom is -0.303 e. The number of hydrogen-bond donors (Lipinski definition) is 0. The Morgan fingerprint density at radius 3 is 2.68 bits per heavy atom. The number of amides is 1. The first-order valence-electron chi connectivity index (χ1n) is 6.65. The Morgan fingerprint density at radius 1 is 1.32 bits per heavy atom. The van der Waals surface area contributed by atoms with Crippen molar-refractivity contribution in [1.29, 1.82) is 0 Å². The lowest BCUT2D eigenvalue weighted by Gasteiger charge is -2.41. The molecule has 102 valence electrons. The molecule has 0 fully saturated rings. The summed E-state index contributed by atoms with van der Waals surface area (Å²) < 4.78 is 0. The number of nitrogens with zero attached hydrogens (tertiary/aromatic N) is 1. The molecule has 0 aromatic heterocycles. The zero-order chi connectivity index (χ0) is 14.0. The van der Waals surface area contributed by atoms with Crippen molar-refractivity contribution in [1.82, 2.24) is 0 Å². The summed E-state index contributed by atoms with van der Waals surface area (Å²) in [6.07, 6.45) is 3.37. The van der Waals surface area contributed by atoms with E-state index in [4.69, 9.17) is 11.6 Å². The van der Waals surface area contributed by atoms with Gasteiger partial charge in [0, 0.05) is 17.9 Å². The van der Waals surface area contributed by atoms with Gasteiger partial charge in [0.25, 0.3) is 0 Å². The van der Waals surface area contributed by atoms with Crippen LogP contribution in [0.4, 0.5) is 5.69 Å². The van der Waals surface area contributed by atoms with Gasteiger partial charge in [-0.2, -0.15) is 0 Å². The van der Waals surface area contributed by atoms with Gasteiger partial charge in [-0.25, -0.2) is 0 Å². The third-order valence-electron chi connectivity index (χ3n) is 3.49. The van der Waals surface area contributed by atoms with Crippen molar-refractivity contribution in [2.75, 3.05) is 10.8 Å². The maximum Gasteiger partial charge on any atom is 0.227 e. The smallest absolute Gasteiger partial charge is 0.227 e. The standard InChI is InChI=1S/C16H20ClNO/c1-12-11-16(2,3)18(15(19)9-6-10-17)14-8-5-4-7-13(12)14/h4-5,7-8,11H,6,9-10H2,1-3H3. The molecule has 1 aromatic rings. The van der Waals surface area contributed by atoms with Gasteiger partial charge in [-0.05, 0) is 38.8 Å². The van der Waals surface area contributed by atoms with Gasteiger partial charge in [-0.3, -0.25) is 4.79 Å². The number of rotatable bonds is 3. The van der Waals surface area contributed by atoms with Crippen molar-refractivity contribution < 1.29 is 4.79 Å². The molecule has 0 bridgehead atoms. The zero-order valence-electron chi connectivity index (χ0n) is 11.7. The lowest BCUT2D eigenvalue weighted by Crippen LogP contribution is -2.48. The fourth-order valence-electron chi connectivity index (χ4n) is 2.77. The Morgan fingerprint density at radius 2 is 2.00 bits per heavy atom. The van der Waals surface area contributed by atoms with Crippen LogP contribution in [0.15, 0.2) is 30.3 Å². The van der Waals surface area contributed by atoms with Crippen molar-refractivity contribution in [2.45, 2.75) is 39.2 Å². The van der Waals surface area contributed by atoms with Crippen LogP contribution in [-0.4, -0.2) is 17.3 Å².